The van der Waals surface area contributed by atoms with E-state index in [1.54, 1.807) is 28.1 Å². The summed E-state index contributed by atoms with van der Waals surface area (Å²) in [4.78, 5) is 24.2. The predicted octanol–water partition coefficient (Wildman–Crippen LogP) is 1.10. The van der Waals surface area contributed by atoms with Crippen LogP contribution in [0.4, 0.5) is 0 Å². The lowest BCUT2D eigenvalue weighted by Crippen LogP contribution is -2.48. The molecule has 6 heteroatoms. The summed E-state index contributed by atoms with van der Waals surface area (Å²) in [5.74, 6) is 0.114. The van der Waals surface area contributed by atoms with Crippen molar-refractivity contribution in [3.63, 3.8) is 0 Å². The molecule has 0 fully saturated rings. The van der Waals surface area contributed by atoms with Gasteiger partial charge in [-0.15, -0.1) is 0 Å². The molecular weight excluding hydrogens is 284 g/mol. The molecule has 0 spiro atoms. The third-order valence-electron chi connectivity index (χ3n) is 3.34. The molecule has 0 saturated carbocycles. The van der Waals surface area contributed by atoms with E-state index in [0.717, 1.165) is 11.3 Å². The first-order chi connectivity index (χ1) is 10.4. The Labute approximate surface area is 131 Å². The van der Waals surface area contributed by atoms with Crippen molar-refractivity contribution < 1.29 is 19.1 Å². The van der Waals surface area contributed by atoms with E-state index in [4.69, 9.17) is 9.47 Å². The molecule has 1 rings (SSSR count). The highest BCUT2D eigenvalue weighted by molar-refractivity contribution is 6.04. The van der Waals surface area contributed by atoms with Gasteiger partial charge < -0.3 is 20.1 Å². The van der Waals surface area contributed by atoms with Crippen LogP contribution in [-0.2, 0) is 20.9 Å². The van der Waals surface area contributed by atoms with Gasteiger partial charge in [0.25, 0.3) is 0 Å². The summed E-state index contributed by atoms with van der Waals surface area (Å²) in [6.07, 6.45) is 0. The third-order valence-corrected chi connectivity index (χ3v) is 3.34. The molecule has 6 nitrogen and oxygen atoms in total. The van der Waals surface area contributed by atoms with E-state index in [1.165, 1.54) is 0 Å². The molecule has 2 amide bonds. The highest BCUT2D eigenvalue weighted by Crippen LogP contribution is 2.16. The van der Waals surface area contributed by atoms with Crippen LogP contribution in [0.3, 0.4) is 0 Å². The summed E-state index contributed by atoms with van der Waals surface area (Å²) in [6.45, 7) is 4.34. The first-order valence-electron chi connectivity index (χ1n) is 7.10. The molecule has 0 saturated heterocycles. The Balaban J connectivity index is 2.52. The van der Waals surface area contributed by atoms with Crippen LogP contribution >= 0.6 is 0 Å². The van der Waals surface area contributed by atoms with Crippen LogP contribution in [0.1, 0.15) is 19.4 Å². The molecule has 2 N–H and O–H groups in total. The monoisotopic (exact) mass is 308 g/mol. The summed E-state index contributed by atoms with van der Waals surface area (Å²) in [6, 6.07) is 7.38. The first kappa shape index (κ1) is 18.0. The fourth-order valence-corrected chi connectivity index (χ4v) is 1.74. The van der Waals surface area contributed by atoms with Crippen molar-refractivity contribution in [3.8, 4) is 5.75 Å². The molecule has 1 aromatic carbocycles. The lowest BCUT2D eigenvalue weighted by Gasteiger charge is -2.22. The van der Waals surface area contributed by atoms with E-state index in [0.29, 0.717) is 19.7 Å². The molecule has 1 aromatic rings. The summed E-state index contributed by atoms with van der Waals surface area (Å²) in [5, 5.41) is 5.45. The second kappa shape index (κ2) is 8.38. The molecule has 0 atom stereocenters. The van der Waals surface area contributed by atoms with Crippen molar-refractivity contribution in [1.82, 2.24) is 10.6 Å². The predicted molar refractivity (Wildman–Crippen MR) is 83.5 cm³/mol. The van der Waals surface area contributed by atoms with E-state index in [2.05, 4.69) is 10.6 Å². The normalized spacial score (nSPS) is 10.9. The Morgan fingerprint density at radius 2 is 1.64 bits per heavy atom. The molecule has 0 radical (unpaired) electrons. The smallest absolute Gasteiger partial charge is 0.235 e. The zero-order valence-corrected chi connectivity index (χ0v) is 13.6. The lowest BCUT2D eigenvalue weighted by atomic mass is 9.91. The zero-order chi connectivity index (χ0) is 16.6. The zero-order valence-electron chi connectivity index (χ0n) is 13.6. The largest absolute Gasteiger partial charge is 0.497 e. The molecular formula is C16H24N2O4. The molecule has 0 heterocycles. The summed E-state index contributed by atoms with van der Waals surface area (Å²) < 4.78 is 9.94. The Bertz CT molecular complexity index is 497. The van der Waals surface area contributed by atoms with Crippen LogP contribution < -0.4 is 15.4 Å². The number of methoxy groups -OCH3 is 2. The van der Waals surface area contributed by atoms with E-state index in [1.807, 2.05) is 24.3 Å². The second-order valence-electron chi connectivity index (χ2n) is 5.40. The van der Waals surface area contributed by atoms with Crippen molar-refractivity contribution in [3.05, 3.63) is 29.8 Å². The topological polar surface area (TPSA) is 76.7 Å². The number of nitrogens with one attached hydrogen (secondary N) is 2. The van der Waals surface area contributed by atoms with E-state index in [9.17, 15) is 9.59 Å². The van der Waals surface area contributed by atoms with E-state index >= 15 is 0 Å². The number of hydrogen-bond donors (Lipinski definition) is 2. The van der Waals surface area contributed by atoms with Crippen LogP contribution in [0.25, 0.3) is 0 Å². The fourth-order valence-electron chi connectivity index (χ4n) is 1.74. The van der Waals surface area contributed by atoms with Crippen LogP contribution in [0.5, 0.6) is 5.75 Å². The van der Waals surface area contributed by atoms with Crippen LogP contribution in [0, 0.1) is 5.41 Å². The van der Waals surface area contributed by atoms with Crippen molar-refractivity contribution in [2.45, 2.75) is 20.4 Å². The minimum atomic E-state index is -1.14. The van der Waals surface area contributed by atoms with Crippen molar-refractivity contribution >= 4 is 11.8 Å². The van der Waals surface area contributed by atoms with Crippen molar-refractivity contribution in [1.29, 1.82) is 0 Å². The average molecular weight is 308 g/mol. The number of ether oxygens (including phenoxy) is 2. The minimum absolute atomic E-state index is 0.321. The van der Waals surface area contributed by atoms with Gasteiger partial charge >= 0.3 is 0 Å². The highest BCUT2D eigenvalue weighted by atomic mass is 16.5. The Hall–Kier alpha value is -2.08. The molecule has 0 unspecified atom stereocenters. The quantitative estimate of drug-likeness (QED) is 0.557. The van der Waals surface area contributed by atoms with Crippen molar-refractivity contribution in [2.75, 3.05) is 27.4 Å². The van der Waals surface area contributed by atoms with Crippen LogP contribution in [0.2, 0.25) is 0 Å². The highest BCUT2D eigenvalue weighted by Gasteiger charge is 2.35. The number of rotatable bonds is 8. The van der Waals surface area contributed by atoms with Gasteiger partial charge in [0, 0.05) is 20.2 Å². The third kappa shape index (κ3) is 5.04. The van der Waals surface area contributed by atoms with Gasteiger partial charge in [-0.2, -0.15) is 0 Å². The minimum Gasteiger partial charge on any atom is -0.497 e. The van der Waals surface area contributed by atoms with Crippen molar-refractivity contribution in [2.24, 2.45) is 5.41 Å². The summed E-state index contributed by atoms with van der Waals surface area (Å²) >= 11 is 0. The SMILES string of the molecule is COCCNC(=O)C(C)(C)C(=O)NCc1ccc(OC)cc1. The van der Waals surface area contributed by atoms with Gasteiger partial charge in [0.05, 0.1) is 13.7 Å². The molecule has 0 aliphatic rings. The standard InChI is InChI=1S/C16H24N2O4/c1-16(2,14(19)17-9-10-21-3)15(20)18-11-12-5-7-13(22-4)8-6-12/h5-8H,9-11H2,1-4H3,(H,17,19)(H,18,20). The molecule has 122 valence electrons. The van der Waals surface area contributed by atoms with Gasteiger partial charge in [0.2, 0.25) is 11.8 Å². The van der Waals surface area contributed by atoms with Gasteiger partial charge in [-0.1, -0.05) is 12.1 Å². The van der Waals surface area contributed by atoms with Gasteiger partial charge in [0.1, 0.15) is 11.2 Å². The van der Waals surface area contributed by atoms with E-state index < -0.39 is 5.41 Å². The maximum Gasteiger partial charge on any atom is 0.235 e. The average Bonchev–Trinajstić information content (AvgIpc) is 2.53. The van der Waals surface area contributed by atoms with Gasteiger partial charge in [-0.05, 0) is 31.5 Å². The fraction of sp³-hybridized carbons (Fsp3) is 0.500. The Morgan fingerprint density at radius 1 is 1.05 bits per heavy atom. The van der Waals surface area contributed by atoms with Gasteiger partial charge in [-0.3, -0.25) is 9.59 Å². The molecule has 22 heavy (non-hydrogen) atoms. The van der Waals surface area contributed by atoms with Gasteiger partial charge in [0.15, 0.2) is 0 Å². The summed E-state index contributed by atoms with van der Waals surface area (Å²) in [5.41, 5.74) is -0.204. The molecule has 0 aromatic heterocycles. The van der Waals surface area contributed by atoms with Crippen LogP contribution in [-0.4, -0.2) is 39.2 Å². The second-order valence-corrected chi connectivity index (χ2v) is 5.40. The van der Waals surface area contributed by atoms with Gasteiger partial charge in [-0.25, -0.2) is 0 Å². The van der Waals surface area contributed by atoms with E-state index in [-0.39, 0.29) is 11.8 Å². The number of benzene rings is 1. The lowest BCUT2D eigenvalue weighted by molar-refractivity contribution is -0.141. The first-order valence-corrected chi connectivity index (χ1v) is 7.10. The Kier molecular flexibility index (Phi) is 6.85. The molecule has 0 aliphatic heterocycles. The number of carbonyl (C=O) groups excluding carboxylic acids is 2. The summed E-state index contributed by atoms with van der Waals surface area (Å²) in [7, 11) is 3.15. The van der Waals surface area contributed by atoms with Crippen LogP contribution in [0.15, 0.2) is 24.3 Å². The maximum atomic E-state index is 12.2. The maximum absolute atomic E-state index is 12.2. The number of amides is 2. The number of carbonyl (C=O) groups is 2. The molecule has 0 aliphatic carbocycles. The molecule has 0 bridgehead atoms. The Morgan fingerprint density at radius 3 is 2.18 bits per heavy atom. The number of hydrogen-bond acceptors (Lipinski definition) is 4.